The number of rotatable bonds is 5. The third-order valence-electron chi connectivity index (χ3n) is 9.68. The van der Waals surface area contributed by atoms with Gasteiger partial charge in [-0.1, -0.05) is 133 Å². The lowest BCUT2D eigenvalue weighted by molar-refractivity contribution is 0.669. The van der Waals surface area contributed by atoms with Crippen molar-refractivity contribution >= 4 is 43.5 Å². The minimum atomic E-state index is 0.635. The van der Waals surface area contributed by atoms with Gasteiger partial charge in [0.1, 0.15) is 11.2 Å². The van der Waals surface area contributed by atoms with Gasteiger partial charge in [0.15, 0.2) is 17.5 Å². The summed E-state index contributed by atoms with van der Waals surface area (Å²) in [6.45, 7) is 0. The molecule has 4 heteroatoms. The molecule has 0 aliphatic carbocycles. The monoisotopic (exact) mass is 651 g/mol. The first-order valence-corrected chi connectivity index (χ1v) is 17.1. The molecule has 2 heterocycles. The summed E-state index contributed by atoms with van der Waals surface area (Å²) >= 11 is 0. The highest BCUT2D eigenvalue weighted by molar-refractivity contribution is 6.06. The van der Waals surface area contributed by atoms with Crippen molar-refractivity contribution in [1.82, 2.24) is 15.0 Å². The number of fused-ring (bicyclic) bond motifs is 5. The number of hydrogen-bond acceptors (Lipinski definition) is 4. The zero-order valence-electron chi connectivity index (χ0n) is 27.5. The first-order chi connectivity index (χ1) is 25.2. The summed E-state index contributed by atoms with van der Waals surface area (Å²) < 4.78 is 6.18. The van der Waals surface area contributed by atoms with Crippen molar-refractivity contribution in [2.45, 2.75) is 0 Å². The van der Waals surface area contributed by atoms with Crippen LogP contribution in [-0.4, -0.2) is 15.0 Å². The van der Waals surface area contributed by atoms with E-state index < -0.39 is 0 Å². The van der Waals surface area contributed by atoms with Crippen molar-refractivity contribution in [1.29, 1.82) is 0 Å². The van der Waals surface area contributed by atoms with Gasteiger partial charge >= 0.3 is 0 Å². The summed E-state index contributed by atoms with van der Waals surface area (Å²) in [6, 6.07) is 61.2. The second-order valence-electron chi connectivity index (χ2n) is 12.9. The predicted octanol–water partition coefficient (Wildman–Crippen LogP) is 12.4. The summed E-state index contributed by atoms with van der Waals surface area (Å²) in [5.41, 5.74) is 9.14. The molecule has 0 spiro atoms. The summed E-state index contributed by atoms with van der Waals surface area (Å²) in [6.07, 6.45) is 0. The zero-order valence-corrected chi connectivity index (χ0v) is 27.5. The van der Waals surface area contributed by atoms with Gasteiger partial charge in [-0.2, -0.15) is 0 Å². The Kier molecular flexibility index (Phi) is 6.78. The fraction of sp³-hybridized carbons (Fsp3) is 0. The average molecular weight is 652 g/mol. The Bertz CT molecular complexity index is 2930. The van der Waals surface area contributed by atoms with Gasteiger partial charge < -0.3 is 4.42 Å². The van der Waals surface area contributed by atoms with Crippen LogP contribution in [0.1, 0.15) is 0 Å². The van der Waals surface area contributed by atoms with Crippen LogP contribution in [0.4, 0.5) is 0 Å². The Morgan fingerprint density at radius 3 is 1.53 bits per heavy atom. The summed E-state index contributed by atoms with van der Waals surface area (Å²) in [5, 5.41) is 6.96. The van der Waals surface area contributed by atoms with E-state index in [0.717, 1.165) is 71.7 Å². The normalized spacial score (nSPS) is 11.5. The molecule has 0 aliphatic heterocycles. The lowest BCUT2D eigenvalue weighted by Gasteiger charge is -2.11. The Morgan fingerprint density at radius 1 is 0.275 bits per heavy atom. The quantitative estimate of drug-likeness (QED) is 0.186. The molecule has 0 aliphatic rings. The molecule has 4 nitrogen and oxygen atoms in total. The molecule has 0 fully saturated rings. The first kappa shape index (κ1) is 29.0. The van der Waals surface area contributed by atoms with Gasteiger partial charge in [-0.3, -0.25) is 0 Å². The van der Waals surface area contributed by atoms with Gasteiger partial charge in [0.2, 0.25) is 0 Å². The van der Waals surface area contributed by atoms with Crippen LogP contribution in [0.15, 0.2) is 180 Å². The molecule has 8 aromatic carbocycles. The maximum atomic E-state index is 6.18. The molecule has 0 bridgehead atoms. The van der Waals surface area contributed by atoms with E-state index in [2.05, 4.69) is 127 Å². The summed E-state index contributed by atoms with van der Waals surface area (Å²) in [5.74, 6) is 1.91. The molecule has 0 saturated carbocycles. The molecule has 0 atom stereocenters. The van der Waals surface area contributed by atoms with Crippen LogP contribution < -0.4 is 0 Å². The molecular weight excluding hydrogens is 623 g/mol. The van der Waals surface area contributed by atoms with E-state index >= 15 is 0 Å². The van der Waals surface area contributed by atoms with Crippen LogP contribution in [0.2, 0.25) is 0 Å². The van der Waals surface area contributed by atoms with Crippen LogP contribution in [0.5, 0.6) is 0 Å². The van der Waals surface area contributed by atoms with Crippen molar-refractivity contribution in [3.63, 3.8) is 0 Å². The van der Waals surface area contributed by atoms with Gasteiger partial charge in [0.25, 0.3) is 0 Å². The van der Waals surface area contributed by atoms with Gasteiger partial charge in [-0.25, -0.2) is 15.0 Å². The van der Waals surface area contributed by atoms with Gasteiger partial charge in [0, 0.05) is 27.5 Å². The summed E-state index contributed by atoms with van der Waals surface area (Å²) in [4.78, 5) is 15.1. The van der Waals surface area contributed by atoms with Crippen LogP contribution in [-0.2, 0) is 0 Å². The standard InChI is InChI=1S/C47H29N3O/c1-2-10-31(11-3-1)45-48-46(39-14-8-13-33(27-39)34-18-17-30-9-4-5-12-32(30)25-34)50-47(49-45)40-22-21-35-26-36(19-20-37(35)28-40)38-23-24-42-41-15-6-7-16-43(41)51-44(42)29-38/h1-29H. The second kappa shape index (κ2) is 11.9. The summed E-state index contributed by atoms with van der Waals surface area (Å²) in [7, 11) is 0. The van der Waals surface area contributed by atoms with E-state index in [1.165, 1.54) is 10.8 Å². The molecule has 2 aromatic heterocycles. The highest BCUT2D eigenvalue weighted by Crippen LogP contribution is 2.35. The van der Waals surface area contributed by atoms with E-state index in [-0.39, 0.29) is 0 Å². The topological polar surface area (TPSA) is 51.8 Å². The highest BCUT2D eigenvalue weighted by atomic mass is 16.3. The van der Waals surface area contributed by atoms with Crippen molar-refractivity contribution in [2.75, 3.05) is 0 Å². The van der Waals surface area contributed by atoms with Crippen LogP contribution in [0.3, 0.4) is 0 Å². The lowest BCUT2D eigenvalue weighted by Crippen LogP contribution is -2.00. The second-order valence-corrected chi connectivity index (χ2v) is 12.9. The molecule has 51 heavy (non-hydrogen) atoms. The van der Waals surface area contributed by atoms with Crippen LogP contribution in [0.25, 0.3) is 99.9 Å². The van der Waals surface area contributed by atoms with E-state index in [0.29, 0.717) is 17.5 Å². The number of para-hydroxylation sites is 1. The Labute approximate surface area is 294 Å². The van der Waals surface area contributed by atoms with Crippen molar-refractivity contribution in [3.05, 3.63) is 176 Å². The highest BCUT2D eigenvalue weighted by Gasteiger charge is 2.14. The molecule has 10 aromatic rings. The third kappa shape index (κ3) is 5.31. The number of benzene rings is 8. The molecule has 0 unspecified atom stereocenters. The van der Waals surface area contributed by atoms with Crippen LogP contribution >= 0.6 is 0 Å². The Hall–Kier alpha value is -6.91. The van der Waals surface area contributed by atoms with Crippen molar-refractivity contribution in [2.24, 2.45) is 0 Å². The fourth-order valence-electron chi connectivity index (χ4n) is 7.03. The van der Waals surface area contributed by atoms with Crippen molar-refractivity contribution in [3.8, 4) is 56.4 Å². The van der Waals surface area contributed by atoms with E-state index in [1.807, 2.05) is 48.5 Å². The van der Waals surface area contributed by atoms with E-state index in [1.54, 1.807) is 0 Å². The first-order valence-electron chi connectivity index (χ1n) is 17.1. The van der Waals surface area contributed by atoms with E-state index in [9.17, 15) is 0 Å². The largest absolute Gasteiger partial charge is 0.456 e. The maximum absolute atomic E-state index is 6.18. The molecule has 0 amide bonds. The molecule has 10 rings (SSSR count). The Morgan fingerprint density at radius 2 is 0.745 bits per heavy atom. The smallest absolute Gasteiger partial charge is 0.164 e. The average Bonchev–Trinajstić information content (AvgIpc) is 3.58. The molecule has 0 saturated heterocycles. The van der Waals surface area contributed by atoms with Crippen molar-refractivity contribution < 1.29 is 4.42 Å². The predicted molar refractivity (Wildman–Crippen MR) is 209 cm³/mol. The molecule has 0 N–H and O–H groups in total. The van der Waals surface area contributed by atoms with Gasteiger partial charge in [0.05, 0.1) is 0 Å². The minimum Gasteiger partial charge on any atom is -0.456 e. The molecule has 0 radical (unpaired) electrons. The van der Waals surface area contributed by atoms with Gasteiger partial charge in [-0.05, 0) is 86.3 Å². The van der Waals surface area contributed by atoms with Gasteiger partial charge in [-0.15, -0.1) is 0 Å². The number of aromatic nitrogens is 3. The number of nitrogens with zero attached hydrogens (tertiary/aromatic N) is 3. The maximum Gasteiger partial charge on any atom is 0.164 e. The van der Waals surface area contributed by atoms with Crippen LogP contribution in [0, 0.1) is 0 Å². The number of furan rings is 1. The minimum absolute atomic E-state index is 0.635. The molecular formula is C47H29N3O. The lowest BCUT2D eigenvalue weighted by atomic mass is 9.98. The third-order valence-corrected chi connectivity index (χ3v) is 9.68. The Balaban J connectivity index is 1.04. The SMILES string of the molecule is c1ccc(-c2nc(-c3cccc(-c4ccc5ccccc5c4)c3)nc(-c3ccc4cc(-c5ccc6c(c5)oc5ccccc56)ccc4c3)n2)cc1. The fourth-order valence-corrected chi connectivity index (χ4v) is 7.03. The zero-order chi connectivity index (χ0) is 33.7. The number of hydrogen-bond donors (Lipinski definition) is 0. The molecule has 238 valence electrons. The van der Waals surface area contributed by atoms with E-state index in [4.69, 9.17) is 19.4 Å².